The Morgan fingerprint density at radius 1 is 1.00 bits per heavy atom. The second kappa shape index (κ2) is 8.64. The third kappa shape index (κ3) is 5.30. The summed E-state index contributed by atoms with van der Waals surface area (Å²) in [5.74, 6) is -1.46. The Labute approximate surface area is 154 Å². The van der Waals surface area contributed by atoms with Gasteiger partial charge < -0.3 is 5.32 Å². The van der Waals surface area contributed by atoms with Gasteiger partial charge in [0.25, 0.3) is 17.7 Å². The topological polar surface area (TPSA) is 87.3 Å². The van der Waals surface area contributed by atoms with Gasteiger partial charge in [-0.2, -0.15) is 0 Å². The Bertz CT molecular complexity index is 745. The summed E-state index contributed by atoms with van der Waals surface area (Å²) >= 11 is 7.06. The molecule has 1 heterocycles. The van der Waals surface area contributed by atoms with E-state index >= 15 is 0 Å². The predicted molar refractivity (Wildman–Crippen MR) is 97.5 cm³/mol. The molecule has 0 aliphatic carbocycles. The van der Waals surface area contributed by atoms with Crippen molar-refractivity contribution < 1.29 is 14.4 Å². The Balaban J connectivity index is 1.94. The number of carbonyl (C=O) groups excluding carboxylic acids is 3. The molecule has 6 nitrogen and oxygen atoms in total. The number of rotatable bonds is 5. The first-order valence-corrected chi connectivity index (χ1v) is 8.84. The zero-order chi connectivity index (χ0) is 18.4. The number of thiophene rings is 1. The molecule has 0 bridgehead atoms. The number of benzene rings is 1. The van der Waals surface area contributed by atoms with E-state index in [4.69, 9.17) is 11.6 Å². The van der Waals surface area contributed by atoms with Crippen LogP contribution >= 0.6 is 22.9 Å². The molecule has 0 spiro atoms. The summed E-state index contributed by atoms with van der Waals surface area (Å²) in [5, 5.41) is 4.97. The van der Waals surface area contributed by atoms with Crippen molar-refractivity contribution in [3.8, 4) is 0 Å². The standard InChI is InChI=1S/C17H18ClN3O3S/c1-10(2)14(19-16(23)13-4-3-9-25-13)17(24)21-20-15(22)11-5-7-12(18)8-6-11/h3-10,14H,1-2H3,(H,19,23)(H,20,22)(H,21,24). The lowest BCUT2D eigenvalue weighted by molar-refractivity contribution is -0.124. The Kier molecular flexibility index (Phi) is 6.55. The summed E-state index contributed by atoms with van der Waals surface area (Å²) in [7, 11) is 0. The van der Waals surface area contributed by atoms with E-state index in [1.165, 1.54) is 11.3 Å². The smallest absolute Gasteiger partial charge is 0.269 e. The summed E-state index contributed by atoms with van der Waals surface area (Å²) in [5.41, 5.74) is 5.03. The van der Waals surface area contributed by atoms with Crippen molar-refractivity contribution in [2.24, 2.45) is 5.92 Å². The first kappa shape index (κ1) is 19.0. The molecule has 0 saturated heterocycles. The summed E-state index contributed by atoms with van der Waals surface area (Å²) in [6, 6.07) is 8.91. The molecule has 2 aromatic rings. The second-order valence-corrected chi connectivity index (χ2v) is 7.01. The van der Waals surface area contributed by atoms with E-state index in [-0.39, 0.29) is 11.8 Å². The number of carbonyl (C=O) groups is 3. The van der Waals surface area contributed by atoms with Crippen molar-refractivity contribution in [2.45, 2.75) is 19.9 Å². The largest absolute Gasteiger partial charge is 0.339 e. The van der Waals surface area contributed by atoms with Crippen molar-refractivity contribution >= 4 is 40.7 Å². The SMILES string of the molecule is CC(C)C(NC(=O)c1cccs1)C(=O)NNC(=O)c1ccc(Cl)cc1. The summed E-state index contributed by atoms with van der Waals surface area (Å²) in [4.78, 5) is 37.0. The van der Waals surface area contributed by atoms with Crippen molar-refractivity contribution in [3.63, 3.8) is 0 Å². The van der Waals surface area contributed by atoms with Crippen LogP contribution in [0.4, 0.5) is 0 Å². The first-order valence-electron chi connectivity index (χ1n) is 7.58. The number of amides is 3. The van der Waals surface area contributed by atoms with Gasteiger partial charge in [-0.15, -0.1) is 11.3 Å². The molecule has 3 amide bonds. The van der Waals surface area contributed by atoms with Crippen LogP contribution in [0.1, 0.15) is 33.9 Å². The summed E-state index contributed by atoms with van der Waals surface area (Å²) in [6.07, 6.45) is 0. The number of nitrogens with one attached hydrogen (secondary N) is 3. The molecule has 1 unspecified atom stereocenters. The summed E-state index contributed by atoms with van der Waals surface area (Å²) < 4.78 is 0. The molecular weight excluding hydrogens is 362 g/mol. The fourth-order valence-corrected chi connectivity index (χ4v) is 2.78. The normalized spacial score (nSPS) is 11.7. The van der Waals surface area contributed by atoms with Gasteiger partial charge in [-0.3, -0.25) is 25.2 Å². The molecule has 0 saturated carbocycles. The minimum absolute atomic E-state index is 0.156. The number of hydrazine groups is 1. The quantitative estimate of drug-likeness (QED) is 0.698. The van der Waals surface area contributed by atoms with Crippen molar-refractivity contribution in [3.05, 3.63) is 57.2 Å². The van der Waals surface area contributed by atoms with Crippen LogP contribution in [-0.2, 0) is 4.79 Å². The van der Waals surface area contributed by atoms with Gasteiger partial charge in [0.05, 0.1) is 4.88 Å². The highest BCUT2D eigenvalue weighted by Gasteiger charge is 2.25. The molecule has 0 aliphatic rings. The van der Waals surface area contributed by atoms with Crippen LogP contribution in [0, 0.1) is 5.92 Å². The van der Waals surface area contributed by atoms with Gasteiger partial charge in [-0.05, 0) is 41.6 Å². The van der Waals surface area contributed by atoms with Crippen LogP contribution < -0.4 is 16.2 Å². The zero-order valence-corrected chi connectivity index (χ0v) is 15.3. The molecule has 0 radical (unpaired) electrons. The van der Waals surface area contributed by atoms with E-state index in [9.17, 15) is 14.4 Å². The first-order chi connectivity index (χ1) is 11.9. The van der Waals surface area contributed by atoms with Crippen LogP contribution in [0.2, 0.25) is 5.02 Å². The van der Waals surface area contributed by atoms with Crippen molar-refractivity contribution in [2.75, 3.05) is 0 Å². The third-order valence-corrected chi connectivity index (χ3v) is 4.51. The highest BCUT2D eigenvalue weighted by Crippen LogP contribution is 2.11. The van der Waals surface area contributed by atoms with Gasteiger partial charge in [0.15, 0.2) is 0 Å². The molecule has 132 valence electrons. The van der Waals surface area contributed by atoms with Gasteiger partial charge in [-0.1, -0.05) is 31.5 Å². The maximum Gasteiger partial charge on any atom is 0.269 e. The molecule has 1 atom stereocenters. The molecule has 1 aromatic carbocycles. The predicted octanol–water partition coefficient (Wildman–Crippen LogP) is 2.62. The average molecular weight is 380 g/mol. The van der Waals surface area contributed by atoms with Gasteiger partial charge in [0, 0.05) is 10.6 Å². The fraction of sp³-hybridized carbons (Fsp3) is 0.235. The van der Waals surface area contributed by atoms with Gasteiger partial charge in [0.1, 0.15) is 6.04 Å². The number of hydrogen-bond acceptors (Lipinski definition) is 4. The Morgan fingerprint density at radius 2 is 1.68 bits per heavy atom. The van der Waals surface area contributed by atoms with Crippen molar-refractivity contribution in [1.29, 1.82) is 0 Å². The van der Waals surface area contributed by atoms with Gasteiger partial charge >= 0.3 is 0 Å². The molecule has 0 aliphatic heterocycles. The second-order valence-electron chi connectivity index (χ2n) is 5.62. The fourth-order valence-electron chi connectivity index (χ4n) is 2.02. The van der Waals surface area contributed by atoms with E-state index < -0.39 is 17.9 Å². The van der Waals surface area contributed by atoms with E-state index in [1.54, 1.807) is 55.6 Å². The zero-order valence-electron chi connectivity index (χ0n) is 13.7. The maximum atomic E-state index is 12.3. The highest BCUT2D eigenvalue weighted by atomic mass is 35.5. The highest BCUT2D eigenvalue weighted by molar-refractivity contribution is 7.12. The van der Waals surface area contributed by atoms with Crippen LogP contribution in [0.25, 0.3) is 0 Å². The minimum Gasteiger partial charge on any atom is -0.339 e. The molecule has 8 heteroatoms. The molecule has 25 heavy (non-hydrogen) atoms. The van der Waals surface area contributed by atoms with E-state index in [0.717, 1.165) is 0 Å². The number of hydrogen-bond donors (Lipinski definition) is 3. The Morgan fingerprint density at radius 3 is 2.24 bits per heavy atom. The van der Waals surface area contributed by atoms with Gasteiger partial charge in [-0.25, -0.2) is 0 Å². The van der Waals surface area contributed by atoms with E-state index in [2.05, 4.69) is 16.2 Å². The van der Waals surface area contributed by atoms with E-state index in [0.29, 0.717) is 15.5 Å². The molecule has 3 N–H and O–H groups in total. The average Bonchev–Trinajstić information content (AvgIpc) is 3.12. The minimum atomic E-state index is -0.778. The maximum absolute atomic E-state index is 12.3. The molecule has 0 fully saturated rings. The van der Waals surface area contributed by atoms with Gasteiger partial charge in [0.2, 0.25) is 0 Å². The molecular formula is C17H18ClN3O3S. The lowest BCUT2D eigenvalue weighted by Crippen LogP contribution is -2.54. The lowest BCUT2D eigenvalue weighted by Gasteiger charge is -2.21. The Hall–Kier alpha value is -2.38. The van der Waals surface area contributed by atoms with Crippen LogP contribution in [0.15, 0.2) is 41.8 Å². The lowest BCUT2D eigenvalue weighted by atomic mass is 10.0. The van der Waals surface area contributed by atoms with E-state index in [1.807, 2.05) is 0 Å². The molecule has 1 aromatic heterocycles. The monoisotopic (exact) mass is 379 g/mol. The van der Waals surface area contributed by atoms with Crippen LogP contribution in [0.3, 0.4) is 0 Å². The van der Waals surface area contributed by atoms with Crippen molar-refractivity contribution in [1.82, 2.24) is 16.2 Å². The third-order valence-electron chi connectivity index (χ3n) is 3.39. The van der Waals surface area contributed by atoms with Crippen LogP contribution in [0.5, 0.6) is 0 Å². The van der Waals surface area contributed by atoms with Crippen LogP contribution in [-0.4, -0.2) is 23.8 Å². The summed E-state index contributed by atoms with van der Waals surface area (Å²) in [6.45, 7) is 3.61. The molecule has 2 rings (SSSR count). The number of halogens is 1.